The number of likely N-dealkylation sites (N-methyl/N-ethyl adjacent to an activating group) is 1. The van der Waals surface area contributed by atoms with Crippen LogP contribution in [0, 0.1) is 0 Å². The molecule has 2 heterocycles. The summed E-state index contributed by atoms with van der Waals surface area (Å²) >= 11 is 0. The first-order chi connectivity index (χ1) is 9.26. The molecular weight excluding hydrogens is 240 g/mol. The van der Waals surface area contributed by atoms with E-state index in [0.717, 1.165) is 38.4 Å². The fraction of sp³-hybridized carbons (Fsp3) is 0.692. The summed E-state index contributed by atoms with van der Waals surface area (Å²) in [6, 6.07) is 0.688. The lowest BCUT2D eigenvalue weighted by Crippen LogP contribution is -2.37. The van der Waals surface area contributed by atoms with Gasteiger partial charge in [-0.15, -0.1) is 0 Å². The zero-order valence-corrected chi connectivity index (χ0v) is 11.8. The monoisotopic (exact) mass is 264 g/mol. The average Bonchev–Trinajstić information content (AvgIpc) is 2.89. The third kappa shape index (κ3) is 3.62. The Morgan fingerprint density at radius 1 is 1.37 bits per heavy atom. The first-order valence-electron chi connectivity index (χ1n) is 7.00. The van der Waals surface area contributed by atoms with Crippen LogP contribution in [0.25, 0.3) is 0 Å². The molecule has 106 valence electrons. The van der Waals surface area contributed by atoms with Crippen LogP contribution < -0.4 is 11.3 Å². The van der Waals surface area contributed by atoms with Crippen LogP contribution in [0.4, 0.5) is 5.82 Å². The molecule has 6 heteroatoms. The van der Waals surface area contributed by atoms with Crippen LogP contribution in [-0.4, -0.2) is 52.0 Å². The highest BCUT2D eigenvalue weighted by Crippen LogP contribution is 2.17. The number of nitrogens with two attached hydrogens (primary N) is 1. The summed E-state index contributed by atoms with van der Waals surface area (Å²) in [6.07, 6.45) is 4.71. The molecule has 0 radical (unpaired) electrons. The number of rotatable bonds is 6. The number of hydrogen-bond acceptors (Lipinski definition) is 6. The molecule has 0 aromatic carbocycles. The molecular formula is C13H24N6. The van der Waals surface area contributed by atoms with E-state index in [2.05, 4.69) is 39.0 Å². The van der Waals surface area contributed by atoms with Gasteiger partial charge in [-0.05, 0) is 19.5 Å². The van der Waals surface area contributed by atoms with Crippen molar-refractivity contribution in [2.45, 2.75) is 32.9 Å². The van der Waals surface area contributed by atoms with E-state index in [0.29, 0.717) is 11.9 Å². The molecule has 0 amide bonds. The Kier molecular flexibility index (Phi) is 5.07. The predicted molar refractivity (Wildman–Crippen MR) is 76.4 cm³/mol. The molecule has 19 heavy (non-hydrogen) atoms. The van der Waals surface area contributed by atoms with Crippen molar-refractivity contribution in [3.8, 4) is 0 Å². The highest BCUT2D eigenvalue weighted by atomic mass is 15.3. The van der Waals surface area contributed by atoms with E-state index in [1.54, 1.807) is 12.4 Å². The maximum atomic E-state index is 5.28. The maximum absolute atomic E-state index is 5.28. The van der Waals surface area contributed by atoms with E-state index < -0.39 is 0 Å². The second-order valence-electron chi connectivity index (χ2n) is 4.94. The molecule has 1 unspecified atom stereocenters. The van der Waals surface area contributed by atoms with Gasteiger partial charge in [0.1, 0.15) is 0 Å². The van der Waals surface area contributed by atoms with E-state index in [1.807, 2.05) is 0 Å². The normalized spacial score (nSPS) is 20.1. The predicted octanol–water partition coefficient (Wildman–Crippen LogP) is 0.678. The van der Waals surface area contributed by atoms with Gasteiger partial charge in [0.2, 0.25) is 0 Å². The molecule has 0 aliphatic carbocycles. The zero-order chi connectivity index (χ0) is 13.7. The topological polar surface area (TPSA) is 70.3 Å². The third-order valence-corrected chi connectivity index (χ3v) is 3.82. The van der Waals surface area contributed by atoms with E-state index in [4.69, 9.17) is 5.84 Å². The minimum absolute atomic E-state index is 0.603. The minimum Gasteiger partial charge on any atom is -0.307 e. The van der Waals surface area contributed by atoms with Gasteiger partial charge in [-0.3, -0.25) is 14.8 Å². The van der Waals surface area contributed by atoms with Crippen LogP contribution in [0.5, 0.6) is 0 Å². The van der Waals surface area contributed by atoms with Gasteiger partial charge in [-0.25, -0.2) is 10.8 Å². The molecule has 1 atom stereocenters. The van der Waals surface area contributed by atoms with Crippen LogP contribution >= 0.6 is 0 Å². The number of hydrogen-bond donors (Lipinski definition) is 2. The van der Waals surface area contributed by atoms with Gasteiger partial charge in [0.05, 0.1) is 18.1 Å². The number of likely N-dealkylation sites (tertiary alicyclic amines) is 1. The largest absolute Gasteiger partial charge is 0.307 e. The van der Waals surface area contributed by atoms with Gasteiger partial charge >= 0.3 is 0 Å². The molecule has 0 spiro atoms. The van der Waals surface area contributed by atoms with Crippen LogP contribution in [0.3, 0.4) is 0 Å². The molecule has 1 aliphatic heterocycles. The lowest BCUT2D eigenvalue weighted by Gasteiger charge is -2.26. The van der Waals surface area contributed by atoms with Gasteiger partial charge in [-0.2, -0.15) is 0 Å². The van der Waals surface area contributed by atoms with Gasteiger partial charge in [0.25, 0.3) is 0 Å². The average molecular weight is 264 g/mol. The summed E-state index contributed by atoms with van der Waals surface area (Å²) in [5.41, 5.74) is 3.49. The van der Waals surface area contributed by atoms with Crippen molar-refractivity contribution in [1.82, 2.24) is 19.8 Å². The summed E-state index contributed by atoms with van der Waals surface area (Å²) in [7, 11) is 0. The Morgan fingerprint density at radius 2 is 2.16 bits per heavy atom. The van der Waals surface area contributed by atoms with E-state index in [-0.39, 0.29) is 0 Å². The molecule has 1 fully saturated rings. The molecule has 1 saturated heterocycles. The number of nitrogen functional groups attached to an aromatic ring is 1. The molecule has 1 aromatic heterocycles. The van der Waals surface area contributed by atoms with E-state index in [9.17, 15) is 0 Å². The number of hydrazine groups is 1. The quantitative estimate of drug-likeness (QED) is 0.581. The SMILES string of the molecule is CCN(CC)C1CCN(Cc2cnc(NN)cn2)C1. The highest BCUT2D eigenvalue weighted by molar-refractivity contribution is 5.28. The fourth-order valence-corrected chi connectivity index (χ4v) is 2.73. The van der Waals surface area contributed by atoms with Crippen molar-refractivity contribution in [1.29, 1.82) is 0 Å². The van der Waals surface area contributed by atoms with Crippen molar-refractivity contribution >= 4 is 5.82 Å². The summed E-state index contributed by atoms with van der Waals surface area (Å²) in [5, 5.41) is 0. The Balaban J connectivity index is 1.87. The summed E-state index contributed by atoms with van der Waals surface area (Å²) in [6.45, 7) is 9.86. The van der Waals surface area contributed by atoms with Gasteiger partial charge in [-0.1, -0.05) is 13.8 Å². The van der Waals surface area contributed by atoms with Crippen molar-refractivity contribution in [3.63, 3.8) is 0 Å². The molecule has 0 bridgehead atoms. The number of nitrogens with zero attached hydrogens (tertiary/aromatic N) is 4. The third-order valence-electron chi connectivity index (χ3n) is 3.82. The highest BCUT2D eigenvalue weighted by Gasteiger charge is 2.26. The van der Waals surface area contributed by atoms with Crippen molar-refractivity contribution in [3.05, 3.63) is 18.1 Å². The lowest BCUT2D eigenvalue weighted by molar-refractivity contribution is 0.208. The summed E-state index contributed by atoms with van der Waals surface area (Å²) in [4.78, 5) is 13.5. The Labute approximate surface area is 115 Å². The second kappa shape index (κ2) is 6.79. The Morgan fingerprint density at radius 3 is 2.74 bits per heavy atom. The molecule has 1 aliphatic rings. The van der Waals surface area contributed by atoms with Crippen molar-refractivity contribution < 1.29 is 0 Å². The van der Waals surface area contributed by atoms with Gasteiger partial charge in [0.15, 0.2) is 5.82 Å². The molecule has 2 rings (SSSR count). The minimum atomic E-state index is 0.603. The van der Waals surface area contributed by atoms with Crippen LogP contribution in [-0.2, 0) is 6.54 Å². The van der Waals surface area contributed by atoms with Crippen molar-refractivity contribution in [2.75, 3.05) is 31.6 Å². The Bertz CT molecular complexity index is 375. The van der Waals surface area contributed by atoms with Crippen LogP contribution in [0.15, 0.2) is 12.4 Å². The smallest absolute Gasteiger partial charge is 0.158 e. The lowest BCUT2D eigenvalue weighted by atomic mass is 10.2. The van der Waals surface area contributed by atoms with E-state index >= 15 is 0 Å². The molecule has 6 nitrogen and oxygen atoms in total. The van der Waals surface area contributed by atoms with E-state index in [1.165, 1.54) is 6.42 Å². The molecule has 1 aromatic rings. The fourth-order valence-electron chi connectivity index (χ4n) is 2.73. The molecule has 3 N–H and O–H groups in total. The number of nitrogens with one attached hydrogen (secondary N) is 1. The van der Waals surface area contributed by atoms with Crippen LogP contribution in [0.2, 0.25) is 0 Å². The van der Waals surface area contributed by atoms with Gasteiger partial charge in [0, 0.05) is 25.7 Å². The first kappa shape index (κ1) is 14.2. The van der Waals surface area contributed by atoms with Gasteiger partial charge < -0.3 is 5.43 Å². The van der Waals surface area contributed by atoms with Crippen molar-refractivity contribution in [2.24, 2.45) is 5.84 Å². The zero-order valence-electron chi connectivity index (χ0n) is 11.8. The Hall–Kier alpha value is -1.24. The maximum Gasteiger partial charge on any atom is 0.158 e. The summed E-state index contributed by atoms with van der Waals surface area (Å²) < 4.78 is 0. The number of aromatic nitrogens is 2. The van der Waals surface area contributed by atoms with Crippen LogP contribution in [0.1, 0.15) is 26.0 Å². The standard InChI is InChI=1S/C13H24N6/c1-3-19(4-2)12-5-6-18(10-12)9-11-7-16-13(17-14)8-15-11/h7-8,12H,3-6,9-10,14H2,1-2H3,(H,16,17). The second-order valence-corrected chi connectivity index (χ2v) is 4.94. The summed E-state index contributed by atoms with van der Waals surface area (Å²) in [5.74, 6) is 5.88. The molecule has 0 saturated carbocycles. The number of anilines is 1. The first-order valence-corrected chi connectivity index (χ1v) is 7.00.